The summed E-state index contributed by atoms with van der Waals surface area (Å²) in [5.74, 6) is -0.390. The average molecular weight is 305 g/mol. The van der Waals surface area contributed by atoms with Gasteiger partial charge in [-0.05, 0) is 19.9 Å². The molecule has 0 spiro atoms. The van der Waals surface area contributed by atoms with Crippen LogP contribution in [0.2, 0.25) is 0 Å². The number of fused-ring (bicyclic) bond motifs is 1. The van der Waals surface area contributed by atoms with Gasteiger partial charge in [-0.3, -0.25) is 14.5 Å². The van der Waals surface area contributed by atoms with E-state index in [1.165, 1.54) is 6.07 Å². The highest BCUT2D eigenvalue weighted by Gasteiger charge is 2.41. The molecule has 2 aliphatic rings. The number of nitrogens with one attached hydrogen (secondary N) is 1. The van der Waals surface area contributed by atoms with E-state index in [1.54, 1.807) is 17.9 Å². The van der Waals surface area contributed by atoms with Gasteiger partial charge in [0.05, 0.1) is 0 Å². The summed E-state index contributed by atoms with van der Waals surface area (Å²) in [6, 6.07) is 4.12. The Kier molecular flexibility index (Phi) is 3.87. The molecule has 2 fully saturated rings. The van der Waals surface area contributed by atoms with Gasteiger partial charge < -0.3 is 10.2 Å². The summed E-state index contributed by atoms with van der Waals surface area (Å²) < 4.78 is 13.9. The lowest BCUT2D eigenvalue weighted by atomic mass is 10.0. The molecule has 2 heterocycles. The Morgan fingerprint density at radius 3 is 2.86 bits per heavy atom. The molecule has 0 bridgehead atoms. The quantitative estimate of drug-likeness (QED) is 0.873. The SMILES string of the molecule is Cc1ccc(F)c(CN2CCN3C(=O)[C@@H](C)NC(=O)[C@H]3C2)c1. The number of piperazine rings is 2. The highest BCUT2D eigenvalue weighted by Crippen LogP contribution is 2.19. The normalized spacial score (nSPS) is 25.9. The number of benzene rings is 1. The lowest BCUT2D eigenvalue weighted by Gasteiger charge is -2.44. The van der Waals surface area contributed by atoms with Crippen molar-refractivity contribution in [2.75, 3.05) is 19.6 Å². The maximum Gasteiger partial charge on any atom is 0.245 e. The van der Waals surface area contributed by atoms with Gasteiger partial charge in [-0.1, -0.05) is 17.7 Å². The van der Waals surface area contributed by atoms with Crippen molar-refractivity contribution in [2.24, 2.45) is 0 Å². The van der Waals surface area contributed by atoms with E-state index in [4.69, 9.17) is 0 Å². The van der Waals surface area contributed by atoms with Crippen LogP contribution in [0.1, 0.15) is 18.1 Å². The molecule has 0 radical (unpaired) electrons. The summed E-state index contributed by atoms with van der Waals surface area (Å²) in [5, 5.41) is 2.70. The third-order valence-electron chi connectivity index (χ3n) is 4.37. The van der Waals surface area contributed by atoms with Crippen molar-refractivity contribution in [3.8, 4) is 0 Å². The van der Waals surface area contributed by atoms with Crippen molar-refractivity contribution < 1.29 is 14.0 Å². The summed E-state index contributed by atoms with van der Waals surface area (Å²) in [4.78, 5) is 27.9. The molecule has 2 saturated heterocycles. The van der Waals surface area contributed by atoms with E-state index < -0.39 is 12.1 Å². The van der Waals surface area contributed by atoms with Crippen LogP contribution in [0, 0.1) is 12.7 Å². The first-order chi connectivity index (χ1) is 10.5. The zero-order valence-electron chi connectivity index (χ0n) is 12.8. The van der Waals surface area contributed by atoms with Gasteiger partial charge in [0.25, 0.3) is 0 Å². The molecule has 6 heteroatoms. The summed E-state index contributed by atoms with van der Waals surface area (Å²) in [7, 11) is 0. The molecule has 1 N–H and O–H groups in total. The topological polar surface area (TPSA) is 52.6 Å². The van der Waals surface area contributed by atoms with Crippen LogP contribution in [0.4, 0.5) is 4.39 Å². The lowest BCUT2D eigenvalue weighted by molar-refractivity contribution is -0.152. The zero-order valence-corrected chi connectivity index (χ0v) is 12.8. The van der Waals surface area contributed by atoms with E-state index >= 15 is 0 Å². The molecular weight excluding hydrogens is 285 g/mol. The summed E-state index contributed by atoms with van der Waals surface area (Å²) in [6.07, 6.45) is 0. The second-order valence-corrected chi connectivity index (χ2v) is 6.11. The maximum absolute atomic E-state index is 13.9. The predicted molar refractivity (Wildman–Crippen MR) is 79.5 cm³/mol. The van der Waals surface area contributed by atoms with Crippen LogP contribution in [0.3, 0.4) is 0 Å². The second kappa shape index (κ2) is 5.68. The first kappa shape index (κ1) is 15.0. The minimum absolute atomic E-state index is 0.0361. The van der Waals surface area contributed by atoms with Crippen molar-refractivity contribution in [1.82, 2.24) is 15.1 Å². The van der Waals surface area contributed by atoms with E-state index in [9.17, 15) is 14.0 Å². The number of carbonyl (C=O) groups excluding carboxylic acids is 2. The number of nitrogens with zero attached hydrogens (tertiary/aromatic N) is 2. The van der Waals surface area contributed by atoms with Gasteiger partial charge in [-0.15, -0.1) is 0 Å². The molecule has 0 aromatic heterocycles. The number of amides is 2. The third kappa shape index (κ3) is 2.70. The first-order valence-electron chi connectivity index (χ1n) is 7.54. The highest BCUT2D eigenvalue weighted by molar-refractivity contribution is 5.97. The molecule has 0 unspecified atom stereocenters. The summed E-state index contributed by atoms with van der Waals surface area (Å²) >= 11 is 0. The van der Waals surface area contributed by atoms with Crippen LogP contribution < -0.4 is 5.32 Å². The van der Waals surface area contributed by atoms with Crippen LogP contribution in [0.15, 0.2) is 18.2 Å². The van der Waals surface area contributed by atoms with E-state index in [0.29, 0.717) is 31.7 Å². The molecule has 118 valence electrons. The van der Waals surface area contributed by atoms with Gasteiger partial charge >= 0.3 is 0 Å². The molecule has 1 aromatic carbocycles. The number of hydrogen-bond acceptors (Lipinski definition) is 3. The Bertz CT molecular complexity index is 619. The minimum atomic E-state index is -0.467. The first-order valence-corrected chi connectivity index (χ1v) is 7.54. The molecule has 0 saturated carbocycles. The number of hydrogen-bond donors (Lipinski definition) is 1. The molecule has 2 amide bonds. The van der Waals surface area contributed by atoms with Crippen LogP contribution in [-0.2, 0) is 16.1 Å². The summed E-state index contributed by atoms with van der Waals surface area (Å²) in [5.41, 5.74) is 1.64. The summed E-state index contributed by atoms with van der Waals surface area (Å²) in [6.45, 7) is 5.68. The molecule has 3 rings (SSSR count). The van der Waals surface area contributed by atoms with E-state index in [-0.39, 0.29) is 17.6 Å². The van der Waals surface area contributed by atoms with Crippen molar-refractivity contribution >= 4 is 11.8 Å². The Labute approximate surface area is 129 Å². The fraction of sp³-hybridized carbons (Fsp3) is 0.500. The van der Waals surface area contributed by atoms with Crippen molar-refractivity contribution in [1.29, 1.82) is 0 Å². The van der Waals surface area contributed by atoms with E-state index in [1.807, 2.05) is 17.9 Å². The van der Waals surface area contributed by atoms with Gasteiger partial charge in [0.2, 0.25) is 11.8 Å². The van der Waals surface area contributed by atoms with Crippen molar-refractivity contribution in [2.45, 2.75) is 32.5 Å². The number of aryl methyl sites for hydroxylation is 1. The van der Waals surface area contributed by atoms with Crippen LogP contribution in [0.25, 0.3) is 0 Å². The lowest BCUT2D eigenvalue weighted by Crippen LogP contribution is -2.68. The Morgan fingerprint density at radius 2 is 2.09 bits per heavy atom. The fourth-order valence-corrected chi connectivity index (χ4v) is 3.16. The van der Waals surface area contributed by atoms with E-state index in [2.05, 4.69) is 5.32 Å². The van der Waals surface area contributed by atoms with Crippen LogP contribution in [0.5, 0.6) is 0 Å². The number of rotatable bonds is 2. The third-order valence-corrected chi connectivity index (χ3v) is 4.37. The van der Waals surface area contributed by atoms with Gasteiger partial charge in [0.1, 0.15) is 17.9 Å². The molecular formula is C16H20FN3O2. The van der Waals surface area contributed by atoms with Gasteiger partial charge in [-0.25, -0.2) is 4.39 Å². The Morgan fingerprint density at radius 1 is 1.32 bits per heavy atom. The van der Waals surface area contributed by atoms with Gasteiger partial charge in [0.15, 0.2) is 0 Å². The zero-order chi connectivity index (χ0) is 15.9. The van der Waals surface area contributed by atoms with Gasteiger partial charge in [-0.2, -0.15) is 0 Å². The largest absolute Gasteiger partial charge is 0.343 e. The van der Waals surface area contributed by atoms with Crippen LogP contribution >= 0.6 is 0 Å². The monoisotopic (exact) mass is 305 g/mol. The predicted octanol–water partition coefficient (Wildman–Crippen LogP) is 0.665. The highest BCUT2D eigenvalue weighted by atomic mass is 19.1. The average Bonchev–Trinajstić information content (AvgIpc) is 2.49. The molecule has 2 atom stereocenters. The number of halogens is 1. The fourth-order valence-electron chi connectivity index (χ4n) is 3.16. The molecule has 2 aliphatic heterocycles. The molecule has 22 heavy (non-hydrogen) atoms. The molecule has 1 aromatic rings. The second-order valence-electron chi connectivity index (χ2n) is 6.11. The van der Waals surface area contributed by atoms with Crippen molar-refractivity contribution in [3.05, 3.63) is 35.1 Å². The van der Waals surface area contributed by atoms with Gasteiger partial charge in [0, 0.05) is 31.7 Å². The minimum Gasteiger partial charge on any atom is -0.343 e. The van der Waals surface area contributed by atoms with Crippen LogP contribution in [-0.4, -0.2) is 53.3 Å². The van der Waals surface area contributed by atoms with Crippen molar-refractivity contribution in [3.63, 3.8) is 0 Å². The molecule has 0 aliphatic carbocycles. The standard InChI is InChI=1S/C16H20FN3O2/c1-10-3-4-13(17)12(7-10)8-19-5-6-20-14(9-19)15(21)18-11(2)16(20)22/h3-4,7,11,14H,5-6,8-9H2,1-2H3,(H,18,21)/t11-,14-/m1/s1. The Balaban J connectivity index is 1.73. The number of carbonyl (C=O) groups is 2. The smallest absolute Gasteiger partial charge is 0.245 e. The molecule has 5 nitrogen and oxygen atoms in total. The van der Waals surface area contributed by atoms with E-state index in [0.717, 1.165) is 5.56 Å². The maximum atomic E-state index is 13.9. The Hall–Kier alpha value is -1.95.